The van der Waals surface area contributed by atoms with Crippen molar-refractivity contribution in [3.63, 3.8) is 0 Å². The van der Waals surface area contributed by atoms with Gasteiger partial charge in [-0.25, -0.2) is 0 Å². The number of fused-ring (bicyclic) bond motifs is 2. The van der Waals surface area contributed by atoms with Crippen LogP contribution < -0.4 is 0 Å². The number of rotatable bonds is 1. The lowest BCUT2D eigenvalue weighted by Gasteiger charge is -2.38. The summed E-state index contributed by atoms with van der Waals surface area (Å²) < 4.78 is 0.337. The normalized spacial score (nSPS) is 24.1. The lowest BCUT2D eigenvalue weighted by molar-refractivity contribution is 0.241. The summed E-state index contributed by atoms with van der Waals surface area (Å²) in [5.41, 5.74) is 4.58. The zero-order chi connectivity index (χ0) is 14.3. The Morgan fingerprint density at radius 2 is 1.62 bits per heavy atom. The Hall–Kier alpha value is -1.25. The van der Waals surface area contributed by atoms with Gasteiger partial charge in [0.05, 0.1) is 5.25 Å². The zero-order valence-corrected chi connectivity index (χ0v) is 13.3. The fourth-order valence-electron chi connectivity index (χ4n) is 3.74. The fourth-order valence-corrected chi connectivity index (χ4v) is 5.54. The zero-order valence-electron chi connectivity index (χ0n) is 12.5. The Balaban J connectivity index is 1.77. The maximum absolute atomic E-state index is 2.46. The third-order valence-corrected chi connectivity index (χ3v) is 6.82. The molecule has 108 valence electrons. The molecule has 0 amide bonds. The van der Waals surface area contributed by atoms with Crippen molar-refractivity contribution >= 4 is 11.8 Å². The highest BCUT2D eigenvalue weighted by Gasteiger charge is 2.45. The van der Waals surface area contributed by atoms with Gasteiger partial charge in [-0.15, -0.1) is 11.8 Å². The monoisotopic (exact) mass is 295 g/mol. The number of thioether (sulfide) groups is 1. The molecule has 2 aromatic carbocycles. The predicted octanol–water partition coefficient (Wildman–Crippen LogP) is 4.44. The molecule has 0 bridgehead atoms. The molecule has 1 fully saturated rings. The molecule has 1 atom stereocenters. The molecule has 0 unspecified atom stereocenters. The van der Waals surface area contributed by atoms with E-state index in [-0.39, 0.29) is 0 Å². The molecular weight excluding hydrogens is 274 g/mol. The van der Waals surface area contributed by atoms with Gasteiger partial charge in [-0.2, -0.15) is 0 Å². The van der Waals surface area contributed by atoms with E-state index in [1.54, 1.807) is 11.1 Å². The van der Waals surface area contributed by atoms with Gasteiger partial charge >= 0.3 is 0 Å². The van der Waals surface area contributed by atoms with Gasteiger partial charge in [0.25, 0.3) is 0 Å². The van der Waals surface area contributed by atoms with Gasteiger partial charge in [-0.05, 0) is 49.7 Å². The van der Waals surface area contributed by atoms with Crippen molar-refractivity contribution in [1.82, 2.24) is 4.90 Å². The van der Waals surface area contributed by atoms with Crippen LogP contribution in [0.3, 0.4) is 0 Å². The van der Waals surface area contributed by atoms with Gasteiger partial charge in [0, 0.05) is 4.75 Å². The minimum absolute atomic E-state index is 0.337. The van der Waals surface area contributed by atoms with Gasteiger partial charge in [0.1, 0.15) is 0 Å². The quantitative estimate of drug-likeness (QED) is 0.765. The van der Waals surface area contributed by atoms with E-state index < -0.39 is 0 Å². The first kappa shape index (κ1) is 13.4. The molecule has 2 aliphatic heterocycles. The van der Waals surface area contributed by atoms with Crippen molar-refractivity contribution in [3.8, 4) is 0 Å². The van der Waals surface area contributed by atoms with Gasteiger partial charge in [0.2, 0.25) is 0 Å². The predicted molar refractivity (Wildman–Crippen MR) is 90.7 cm³/mol. The van der Waals surface area contributed by atoms with Crippen LogP contribution in [0.15, 0.2) is 54.6 Å². The number of hydrogen-bond donors (Lipinski definition) is 0. The summed E-state index contributed by atoms with van der Waals surface area (Å²) in [6, 6.07) is 20.1. The van der Waals surface area contributed by atoms with Crippen LogP contribution in [0, 0.1) is 0 Å². The molecule has 2 aromatic rings. The maximum atomic E-state index is 2.46. The SMILES string of the molecule is CN1CCC2(CC1)S[C@@H](c1ccccc1)c1ccccc12. The second kappa shape index (κ2) is 5.19. The molecular formula is C19H21NS. The molecule has 0 saturated carbocycles. The molecule has 0 N–H and O–H groups in total. The van der Waals surface area contributed by atoms with Gasteiger partial charge in [-0.1, -0.05) is 54.6 Å². The molecule has 2 heteroatoms. The Kier molecular flexibility index (Phi) is 3.31. The molecule has 2 heterocycles. The second-order valence-electron chi connectivity index (χ2n) is 6.29. The average Bonchev–Trinajstić information content (AvgIpc) is 2.87. The van der Waals surface area contributed by atoms with Gasteiger partial charge < -0.3 is 4.90 Å². The largest absolute Gasteiger partial charge is 0.306 e. The summed E-state index contributed by atoms with van der Waals surface area (Å²) >= 11 is 2.19. The highest BCUT2D eigenvalue weighted by molar-refractivity contribution is 8.01. The first-order valence-corrected chi connectivity index (χ1v) is 8.67. The van der Waals surface area contributed by atoms with E-state index in [9.17, 15) is 0 Å². The number of hydrogen-bond acceptors (Lipinski definition) is 2. The Bertz CT molecular complexity index is 629. The van der Waals surface area contributed by atoms with Crippen molar-refractivity contribution in [2.24, 2.45) is 0 Å². The highest BCUT2D eigenvalue weighted by Crippen LogP contribution is 2.61. The van der Waals surface area contributed by atoms with Crippen LogP contribution >= 0.6 is 11.8 Å². The van der Waals surface area contributed by atoms with Crippen molar-refractivity contribution in [1.29, 1.82) is 0 Å². The van der Waals surface area contributed by atoms with Crippen molar-refractivity contribution in [3.05, 3.63) is 71.3 Å². The van der Waals surface area contributed by atoms with E-state index in [2.05, 4.69) is 78.3 Å². The Morgan fingerprint density at radius 3 is 2.38 bits per heavy atom. The summed E-state index contributed by atoms with van der Waals surface area (Å²) in [5.74, 6) is 0. The van der Waals surface area contributed by atoms with Gasteiger partial charge in [0.15, 0.2) is 0 Å². The third kappa shape index (κ3) is 2.21. The molecule has 21 heavy (non-hydrogen) atoms. The standard InChI is InChI=1S/C19H21NS/c1-20-13-11-19(12-14-20)17-10-6-5-9-16(17)18(21-19)15-7-3-2-4-8-15/h2-10,18H,11-14H2,1H3/t18-/m0/s1. The molecule has 0 aliphatic carbocycles. The van der Waals surface area contributed by atoms with Crippen molar-refractivity contribution < 1.29 is 0 Å². The van der Waals surface area contributed by atoms with E-state index in [0.29, 0.717) is 10.00 Å². The summed E-state index contributed by atoms with van der Waals surface area (Å²) in [4.78, 5) is 2.46. The van der Waals surface area contributed by atoms with Crippen LogP contribution in [0.4, 0.5) is 0 Å². The third-order valence-electron chi connectivity index (χ3n) is 4.97. The molecule has 0 aromatic heterocycles. The minimum Gasteiger partial charge on any atom is -0.306 e. The van der Waals surface area contributed by atoms with Crippen LogP contribution in [0.2, 0.25) is 0 Å². The fraction of sp³-hybridized carbons (Fsp3) is 0.368. The molecule has 2 aliphatic rings. The van der Waals surface area contributed by atoms with Crippen LogP contribution in [0.5, 0.6) is 0 Å². The first-order chi connectivity index (χ1) is 10.3. The van der Waals surface area contributed by atoms with E-state index in [1.165, 1.54) is 31.5 Å². The van der Waals surface area contributed by atoms with Crippen molar-refractivity contribution in [2.45, 2.75) is 22.8 Å². The van der Waals surface area contributed by atoms with Crippen LogP contribution in [0.25, 0.3) is 0 Å². The lowest BCUT2D eigenvalue weighted by Crippen LogP contribution is -2.37. The molecule has 1 spiro atoms. The van der Waals surface area contributed by atoms with E-state index in [4.69, 9.17) is 0 Å². The summed E-state index contributed by atoms with van der Waals surface area (Å²) in [6.45, 7) is 2.42. The lowest BCUT2D eigenvalue weighted by atomic mass is 9.84. The van der Waals surface area contributed by atoms with Crippen LogP contribution in [-0.4, -0.2) is 25.0 Å². The smallest absolute Gasteiger partial charge is 0.0558 e. The summed E-state index contributed by atoms with van der Waals surface area (Å²) in [7, 11) is 2.24. The summed E-state index contributed by atoms with van der Waals surface area (Å²) in [5, 5.41) is 0.505. The average molecular weight is 295 g/mol. The first-order valence-electron chi connectivity index (χ1n) is 7.79. The minimum atomic E-state index is 0.337. The molecule has 1 nitrogen and oxygen atoms in total. The Labute approximate surface area is 131 Å². The van der Waals surface area contributed by atoms with Crippen molar-refractivity contribution in [2.75, 3.05) is 20.1 Å². The maximum Gasteiger partial charge on any atom is 0.0558 e. The number of benzene rings is 2. The van der Waals surface area contributed by atoms with E-state index in [0.717, 1.165) is 0 Å². The van der Waals surface area contributed by atoms with E-state index >= 15 is 0 Å². The molecule has 1 saturated heterocycles. The van der Waals surface area contributed by atoms with E-state index in [1.807, 2.05) is 0 Å². The van der Waals surface area contributed by atoms with Crippen LogP contribution in [-0.2, 0) is 4.75 Å². The topological polar surface area (TPSA) is 3.24 Å². The highest BCUT2D eigenvalue weighted by atomic mass is 32.2. The Morgan fingerprint density at radius 1 is 0.952 bits per heavy atom. The van der Waals surface area contributed by atoms with Gasteiger partial charge in [-0.3, -0.25) is 0 Å². The number of nitrogens with zero attached hydrogens (tertiary/aromatic N) is 1. The molecule has 0 radical (unpaired) electrons. The second-order valence-corrected chi connectivity index (χ2v) is 7.78. The summed E-state index contributed by atoms with van der Waals surface area (Å²) in [6.07, 6.45) is 2.54. The molecule has 4 rings (SSSR count). The number of likely N-dealkylation sites (tertiary alicyclic amines) is 1. The van der Waals surface area contributed by atoms with Crippen LogP contribution in [0.1, 0.15) is 34.8 Å². The number of piperidine rings is 1.